The number of fused-ring (bicyclic) bond motifs is 1. The minimum Gasteiger partial charge on any atom is -0.423 e. The van der Waals surface area contributed by atoms with Gasteiger partial charge >= 0.3 is 5.63 Å². The largest absolute Gasteiger partial charge is 0.423 e. The molecule has 2 heterocycles. The molecule has 0 saturated carbocycles. The van der Waals surface area contributed by atoms with E-state index >= 15 is 0 Å². The van der Waals surface area contributed by atoms with E-state index in [-0.39, 0.29) is 4.90 Å². The van der Waals surface area contributed by atoms with Crippen LogP contribution in [-0.2, 0) is 10.0 Å². The zero-order valence-corrected chi connectivity index (χ0v) is 20.6. The number of hydrazone groups is 1. The lowest BCUT2D eigenvalue weighted by atomic mass is 10.1. The molecule has 2 N–H and O–H groups in total. The number of rotatable bonds is 7. The molecule has 0 amide bonds. The number of benzene rings is 3. The summed E-state index contributed by atoms with van der Waals surface area (Å²) in [4.78, 5) is 16.0. The van der Waals surface area contributed by atoms with Crippen molar-refractivity contribution in [3.8, 4) is 11.3 Å². The Kier molecular flexibility index (Phi) is 6.36. The summed E-state index contributed by atoms with van der Waals surface area (Å²) in [6.45, 7) is 1.85. The fraction of sp³-hybridized carbons (Fsp3) is 0.0385. The quantitative estimate of drug-likeness (QED) is 0.166. The highest BCUT2D eigenvalue weighted by Gasteiger charge is 2.15. The van der Waals surface area contributed by atoms with Crippen LogP contribution in [0.3, 0.4) is 0 Å². The van der Waals surface area contributed by atoms with E-state index in [1.807, 2.05) is 42.6 Å². The molecular weight excluding hydrogens is 496 g/mol. The maximum absolute atomic E-state index is 12.9. The summed E-state index contributed by atoms with van der Waals surface area (Å²) in [6, 6.07) is 23.9. The van der Waals surface area contributed by atoms with E-state index in [2.05, 4.69) is 20.2 Å². The van der Waals surface area contributed by atoms with Crippen LogP contribution in [-0.4, -0.2) is 19.1 Å². The van der Waals surface area contributed by atoms with Crippen LogP contribution in [0.5, 0.6) is 0 Å². The van der Waals surface area contributed by atoms with Crippen LogP contribution in [0, 0.1) is 0 Å². The second-order valence-corrected chi connectivity index (χ2v) is 10.4. The summed E-state index contributed by atoms with van der Waals surface area (Å²) < 4.78 is 33.3. The Morgan fingerprint density at radius 1 is 0.972 bits per heavy atom. The first-order valence-electron chi connectivity index (χ1n) is 10.9. The molecule has 5 aromatic rings. The zero-order chi connectivity index (χ0) is 25.1. The Morgan fingerprint density at radius 3 is 2.53 bits per heavy atom. The second-order valence-electron chi connectivity index (χ2n) is 7.85. The van der Waals surface area contributed by atoms with Crippen molar-refractivity contribution in [3.05, 3.63) is 106 Å². The molecule has 0 aliphatic carbocycles. The van der Waals surface area contributed by atoms with Gasteiger partial charge < -0.3 is 4.42 Å². The van der Waals surface area contributed by atoms with Crippen molar-refractivity contribution in [1.82, 2.24) is 4.98 Å². The molecule has 0 saturated heterocycles. The summed E-state index contributed by atoms with van der Waals surface area (Å²) >= 11 is 1.46. The molecule has 10 heteroatoms. The number of thiazole rings is 1. The van der Waals surface area contributed by atoms with Gasteiger partial charge in [-0.25, -0.2) is 18.2 Å². The highest BCUT2D eigenvalue weighted by Crippen LogP contribution is 2.25. The Bertz CT molecular complexity index is 1730. The number of aromatic nitrogens is 1. The summed E-state index contributed by atoms with van der Waals surface area (Å²) in [5, 5.41) is 7.56. The zero-order valence-electron chi connectivity index (χ0n) is 19.0. The van der Waals surface area contributed by atoms with Crippen molar-refractivity contribution >= 4 is 48.9 Å². The van der Waals surface area contributed by atoms with Crippen LogP contribution < -0.4 is 15.8 Å². The van der Waals surface area contributed by atoms with Crippen LogP contribution in [0.25, 0.3) is 22.2 Å². The van der Waals surface area contributed by atoms with Gasteiger partial charge in [-0.1, -0.05) is 42.5 Å². The van der Waals surface area contributed by atoms with Gasteiger partial charge in [-0.3, -0.25) is 10.1 Å². The van der Waals surface area contributed by atoms with Crippen LogP contribution in [0.1, 0.15) is 12.5 Å². The molecule has 0 bridgehead atoms. The van der Waals surface area contributed by atoms with Crippen molar-refractivity contribution in [1.29, 1.82) is 0 Å². The van der Waals surface area contributed by atoms with Crippen molar-refractivity contribution in [2.75, 3.05) is 10.1 Å². The van der Waals surface area contributed by atoms with E-state index in [0.29, 0.717) is 21.8 Å². The lowest BCUT2D eigenvalue weighted by molar-refractivity contribution is 0.560. The van der Waals surface area contributed by atoms with E-state index in [0.717, 1.165) is 22.5 Å². The van der Waals surface area contributed by atoms with Crippen molar-refractivity contribution in [3.63, 3.8) is 0 Å². The molecule has 3 aromatic carbocycles. The molecule has 5 rings (SSSR count). The van der Waals surface area contributed by atoms with Gasteiger partial charge in [-0.05, 0) is 48.9 Å². The van der Waals surface area contributed by atoms with Gasteiger partial charge in [0.15, 0.2) is 0 Å². The Morgan fingerprint density at radius 2 is 1.75 bits per heavy atom. The average molecular weight is 517 g/mol. The van der Waals surface area contributed by atoms with Crippen molar-refractivity contribution in [2.45, 2.75) is 11.8 Å². The maximum atomic E-state index is 12.9. The monoisotopic (exact) mass is 516 g/mol. The fourth-order valence-corrected chi connectivity index (χ4v) is 5.23. The molecule has 0 radical (unpaired) electrons. The van der Waals surface area contributed by atoms with Gasteiger partial charge in [0.1, 0.15) is 5.58 Å². The van der Waals surface area contributed by atoms with E-state index in [1.165, 1.54) is 41.7 Å². The Balaban J connectivity index is 1.27. The molecular formula is C26H20N4O4S2. The predicted octanol–water partition coefficient (Wildman–Crippen LogP) is 5.55. The molecule has 0 aliphatic heterocycles. The lowest BCUT2D eigenvalue weighted by Crippen LogP contribution is -2.13. The van der Waals surface area contributed by atoms with E-state index in [1.54, 1.807) is 24.3 Å². The van der Waals surface area contributed by atoms with Crippen LogP contribution in [0.2, 0.25) is 0 Å². The van der Waals surface area contributed by atoms with Crippen molar-refractivity contribution in [2.24, 2.45) is 5.10 Å². The van der Waals surface area contributed by atoms with Crippen LogP contribution in [0.4, 0.5) is 10.8 Å². The summed E-state index contributed by atoms with van der Waals surface area (Å²) in [5.74, 6) is 0. The molecule has 2 aromatic heterocycles. The third kappa shape index (κ3) is 5.19. The first-order chi connectivity index (χ1) is 17.4. The maximum Gasteiger partial charge on any atom is 0.336 e. The van der Waals surface area contributed by atoms with Gasteiger partial charge in [0.2, 0.25) is 5.13 Å². The highest BCUT2D eigenvalue weighted by atomic mass is 32.2. The van der Waals surface area contributed by atoms with Crippen LogP contribution >= 0.6 is 11.3 Å². The smallest absolute Gasteiger partial charge is 0.336 e. The van der Waals surface area contributed by atoms with Gasteiger partial charge in [-0.2, -0.15) is 5.10 Å². The minimum absolute atomic E-state index is 0.0631. The number of hydrogen-bond acceptors (Lipinski definition) is 8. The minimum atomic E-state index is -3.83. The summed E-state index contributed by atoms with van der Waals surface area (Å²) in [7, 11) is -3.83. The highest BCUT2D eigenvalue weighted by molar-refractivity contribution is 7.92. The summed E-state index contributed by atoms with van der Waals surface area (Å²) in [6.07, 6.45) is 0. The first-order valence-corrected chi connectivity index (χ1v) is 13.2. The number of nitrogens with zero attached hydrogens (tertiary/aromatic N) is 2. The summed E-state index contributed by atoms with van der Waals surface area (Å²) in [5.41, 5.74) is 6.68. The second kappa shape index (κ2) is 9.76. The molecule has 0 unspecified atom stereocenters. The van der Waals surface area contributed by atoms with Gasteiger partial charge in [0, 0.05) is 28.1 Å². The molecule has 0 aliphatic rings. The molecule has 180 valence electrons. The van der Waals surface area contributed by atoms with Gasteiger partial charge in [0.25, 0.3) is 10.0 Å². The third-order valence-corrected chi connectivity index (χ3v) is 7.47. The molecule has 0 spiro atoms. The van der Waals surface area contributed by atoms with E-state index in [9.17, 15) is 13.2 Å². The average Bonchev–Trinajstić information content (AvgIpc) is 3.37. The fourth-order valence-electron chi connectivity index (χ4n) is 3.47. The number of hydrogen-bond donors (Lipinski definition) is 2. The SMILES string of the molecule is C/C(=N\Nc1nc(-c2ccccc2)cs1)c1ccc(NS(=O)(=O)c2ccc3oc(=O)ccc3c2)cc1. The normalized spacial score (nSPS) is 12.0. The van der Waals surface area contributed by atoms with Crippen LogP contribution in [0.15, 0.2) is 110 Å². The van der Waals surface area contributed by atoms with E-state index in [4.69, 9.17) is 4.42 Å². The molecule has 0 fully saturated rings. The lowest BCUT2D eigenvalue weighted by Gasteiger charge is -2.09. The number of nitrogens with one attached hydrogen (secondary N) is 2. The van der Waals surface area contributed by atoms with Gasteiger partial charge in [0.05, 0.1) is 16.3 Å². The Labute approximate surface area is 211 Å². The van der Waals surface area contributed by atoms with Gasteiger partial charge in [-0.15, -0.1) is 11.3 Å². The number of anilines is 2. The topological polar surface area (TPSA) is 114 Å². The predicted molar refractivity (Wildman–Crippen MR) is 143 cm³/mol. The molecule has 0 atom stereocenters. The number of sulfonamides is 1. The van der Waals surface area contributed by atoms with E-state index < -0.39 is 15.6 Å². The molecule has 36 heavy (non-hydrogen) atoms. The molecule has 8 nitrogen and oxygen atoms in total. The van der Waals surface area contributed by atoms with Crippen molar-refractivity contribution < 1.29 is 12.8 Å². The standard InChI is InChI=1S/C26H20N4O4S2/c1-17(28-29-26-27-23(16-35-26)19-5-3-2-4-6-19)18-7-10-21(11-8-18)30-36(32,33)22-12-13-24-20(15-22)9-14-25(31)34-24/h2-16,30H,1H3,(H,27,29)/b28-17+. The Hall–Kier alpha value is -4.28. The first kappa shape index (κ1) is 23.5. The third-order valence-electron chi connectivity index (χ3n) is 5.35.